The number of carbonyl (C=O) groups is 2. The van der Waals surface area contributed by atoms with Crippen molar-refractivity contribution in [3.05, 3.63) is 83.4 Å². The molecule has 0 radical (unpaired) electrons. The molecule has 6 N–H and O–H groups in total. The molecule has 12 nitrogen and oxygen atoms in total. The molecule has 220 valence electrons. The van der Waals surface area contributed by atoms with Crippen LogP contribution in [-0.2, 0) is 19.0 Å². The summed E-state index contributed by atoms with van der Waals surface area (Å²) in [5.41, 5.74) is 0.560. The molecular formula is C30H28O12. The van der Waals surface area contributed by atoms with Crippen LogP contribution < -0.4 is 4.74 Å². The van der Waals surface area contributed by atoms with Crippen LogP contribution in [0.25, 0.3) is 6.08 Å². The summed E-state index contributed by atoms with van der Waals surface area (Å²) in [6.45, 7) is 1.45. The number of hydrogen-bond acceptors (Lipinski definition) is 12. The summed E-state index contributed by atoms with van der Waals surface area (Å²) < 4.78 is 22.8. The van der Waals surface area contributed by atoms with Gasteiger partial charge in [0.25, 0.3) is 0 Å². The molecule has 12 heteroatoms. The molecule has 0 bridgehead atoms. The van der Waals surface area contributed by atoms with E-state index in [1.807, 2.05) is 6.07 Å². The van der Waals surface area contributed by atoms with Gasteiger partial charge in [0, 0.05) is 18.2 Å². The molecule has 0 aliphatic carbocycles. The lowest BCUT2D eigenvalue weighted by Crippen LogP contribution is -2.60. The molecular weight excluding hydrogens is 552 g/mol. The van der Waals surface area contributed by atoms with E-state index in [9.17, 15) is 40.2 Å². The number of Topliss-reactive ketones (excluding diaryl/α,β-unsaturated/α-hetero) is 1. The van der Waals surface area contributed by atoms with Crippen molar-refractivity contribution in [2.75, 3.05) is 0 Å². The predicted octanol–water partition coefficient (Wildman–Crippen LogP) is 2.30. The van der Waals surface area contributed by atoms with Crippen LogP contribution >= 0.6 is 0 Å². The number of phenolic OH excluding ortho intramolecular Hbond substituents is 4. The number of carbonyl (C=O) groups excluding carboxylic acids is 2. The Bertz CT molecular complexity index is 1500. The Labute approximate surface area is 239 Å². The van der Waals surface area contributed by atoms with Crippen molar-refractivity contribution < 1.29 is 59.2 Å². The summed E-state index contributed by atoms with van der Waals surface area (Å²) in [6, 6.07) is 14.6. The summed E-state index contributed by atoms with van der Waals surface area (Å²) in [5.74, 6) is -3.79. The lowest BCUT2D eigenvalue weighted by molar-refractivity contribution is -0.306. The van der Waals surface area contributed by atoms with E-state index in [2.05, 4.69) is 0 Å². The molecule has 2 aliphatic rings. The zero-order valence-corrected chi connectivity index (χ0v) is 22.1. The van der Waals surface area contributed by atoms with Gasteiger partial charge in [-0.05, 0) is 36.3 Å². The highest BCUT2D eigenvalue weighted by atomic mass is 16.7. The minimum Gasteiger partial charge on any atom is -0.508 e. The van der Waals surface area contributed by atoms with Gasteiger partial charge in [-0.3, -0.25) is 4.79 Å². The van der Waals surface area contributed by atoms with Gasteiger partial charge >= 0.3 is 5.97 Å². The maximum Gasteiger partial charge on any atom is 0.331 e. The zero-order chi connectivity index (χ0) is 30.1. The number of benzene rings is 3. The lowest BCUT2D eigenvalue weighted by Gasteiger charge is -2.43. The van der Waals surface area contributed by atoms with Crippen LogP contribution in [0.4, 0.5) is 0 Å². The second-order valence-electron chi connectivity index (χ2n) is 9.88. The van der Waals surface area contributed by atoms with E-state index in [0.29, 0.717) is 0 Å². The van der Waals surface area contributed by atoms with Crippen LogP contribution in [0.5, 0.6) is 28.7 Å². The van der Waals surface area contributed by atoms with E-state index < -0.39 is 71.9 Å². The number of fused-ring (bicyclic) bond motifs is 1. The van der Waals surface area contributed by atoms with Crippen LogP contribution in [0.2, 0.25) is 0 Å². The number of phenols is 4. The topological polar surface area (TPSA) is 192 Å². The van der Waals surface area contributed by atoms with Crippen molar-refractivity contribution in [2.24, 2.45) is 0 Å². The van der Waals surface area contributed by atoms with E-state index in [1.54, 1.807) is 24.3 Å². The van der Waals surface area contributed by atoms with Crippen LogP contribution in [0.1, 0.15) is 34.5 Å². The van der Waals surface area contributed by atoms with Crippen molar-refractivity contribution in [3.63, 3.8) is 0 Å². The molecule has 42 heavy (non-hydrogen) atoms. The van der Waals surface area contributed by atoms with Gasteiger partial charge in [-0.25, -0.2) is 4.79 Å². The summed E-state index contributed by atoms with van der Waals surface area (Å²) in [4.78, 5) is 26.2. The highest BCUT2D eigenvalue weighted by Crippen LogP contribution is 2.44. The first-order valence-electron chi connectivity index (χ1n) is 12.9. The van der Waals surface area contributed by atoms with E-state index in [1.165, 1.54) is 19.1 Å². The van der Waals surface area contributed by atoms with Crippen LogP contribution in [0.3, 0.4) is 0 Å². The van der Waals surface area contributed by atoms with Gasteiger partial charge in [0.05, 0.1) is 6.10 Å². The van der Waals surface area contributed by atoms with E-state index in [4.69, 9.17) is 18.9 Å². The predicted molar refractivity (Wildman–Crippen MR) is 144 cm³/mol. The molecule has 0 amide bonds. The van der Waals surface area contributed by atoms with Crippen LogP contribution in [0.15, 0.2) is 66.7 Å². The number of ether oxygens (including phenoxy) is 4. The molecule has 3 aromatic rings. The number of aliphatic hydroxyl groups is 2. The lowest BCUT2D eigenvalue weighted by atomic mass is 9.92. The van der Waals surface area contributed by atoms with Gasteiger partial charge < -0.3 is 49.6 Å². The first-order valence-corrected chi connectivity index (χ1v) is 12.9. The van der Waals surface area contributed by atoms with Crippen molar-refractivity contribution in [1.29, 1.82) is 0 Å². The first-order chi connectivity index (χ1) is 20.0. The Morgan fingerprint density at radius 2 is 1.64 bits per heavy atom. The minimum absolute atomic E-state index is 0.157. The van der Waals surface area contributed by atoms with E-state index in [-0.39, 0.29) is 22.6 Å². The number of ketones is 1. The number of aliphatic hydroxyl groups excluding tert-OH is 2. The molecule has 0 aromatic heterocycles. The van der Waals surface area contributed by atoms with E-state index >= 15 is 0 Å². The maximum atomic E-state index is 13.7. The van der Waals surface area contributed by atoms with Gasteiger partial charge in [-0.1, -0.05) is 36.4 Å². The van der Waals surface area contributed by atoms with Gasteiger partial charge in [-0.15, -0.1) is 0 Å². The standard InChI is InChI=1S/C30H28O12/c1-14-24(36)28(41-22(35)10-7-15-5-3-2-4-6-15)26(38)30(39-14)42-29-25(37)23-20(34)12-17(31)13-21(23)40-27(29)16-8-9-18(32)19(33)11-16/h2-14,24,26-34,36,38H,1H3/b10-7+/t14-,24-,26-,27+,28+,29+,30-/m0/s1. The number of aromatic hydroxyl groups is 4. The number of rotatable bonds is 6. The molecule has 1 saturated heterocycles. The minimum atomic E-state index is -1.78. The zero-order valence-electron chi connectivity index (χ0n) is 22.1. The molecule has 2 heterocycles. The fourth-order valence-corrected chi connectivity index (χ4v) is 4.79. The summed E-state index contributed by atoms with van der Waals surface area (Å²) in [5, 5.41) is 61.9. The normalized spacial score (nSPS) is 27.3. The molecule has 3 aromatic carbocycles. The Hall–Kier alpha value is -4.62. The van der Waals surface area contributed by atoms with Gasteiger partial charge in [0.15, 0.2) is 36.1 Å². The van der Waals surface area contributed by atoms with Gasteiger partial charge in [0.2, 0.25) is 5.78 Å². The highest BCUT2D eigenvalue weighted by molar-refractivity contribution is 6.05. The Morgan fingerprint density at radius 1 is 0.905 bits per heavy atom. The fraction of sp³-hybridized carbons (Fsp3) is 0.267. The van der Waals surface area contributed by atoms with Crippen molar-refractivity contribution in [3.8, 4) is 28.7 Å². The summed E-state index contributed by atoms with van der Waals surface area (Å²) >= 11 is 0. The largest absolute Gasteiger partial charge is 0.508 e. The molecule has 0 spiro atoms. The average molecular weight is 581 g/mol. The SMILES string of the molecule is C[C@@H]1O[C@@H](O[C@@H]2C(=O)c3c(O)cc(O)cc3O[C@@H]2c2ccc(O)c(O)c2)[C@@H](O)[C@H](OC(=O)/C=C/c2ccccc2)[C@H]1O. The first kappa shape index (κ1) is 28.9. The van der Waals surface area contributed by atoms with Crippen molar-refractivity contribution in [1.82, 2.24) is 0 Å². The third-order valence-corrected chi connectivity index (χ3v) is 6.95. The second-order valence-corrected chi connectivity index (χ2v) is 9.88. The summed E-state index contributed by atoms with van der Waals surface area (Å²) in [6.07, 6.45) is -7.72. The number of hydrogen-bond donors (Lipinski definition) is 6. The fourth-order valence-electron chi connectivity index (χ4n) is 4.79. The highest BCUT2D eigenvalue weighted by Gasteiger charge is 2.50. The molecule has 1 fully saturated rings. The molecule has 5 rings (SSSR count). The van der Waals surface area contributed by atoms with Crippen LogP contribution in [-0.4, -0.2) is 79.2 Å². The molecule has 7 atom stereocenters. The Kier molecular flexibility index (Phi) is 8.05. The van der Waals surface area contributed by atoms with Crippen LogP contribution in [0, 0.1) is 0 Å². The van der Waals surface area contributed by atoms with Gasteiger partial charge in [-0.2, -0.15) is 0 Å². The van der Waals surface area contributed by atoms with Crippen molar-refractivity contribution in [2.45, 2.75) is 49.8 Å². The number of esters is 1. The van der Waals surface area contributed by atoms with Crippen molar-refractivity contribution >= 4 is 17.8 Å². The Balaban J connectivity index is 1.42. The van der Waals surface area contributed by atoms with Gasteiger partial charge in [0.1, 0.15) is 35.0 Å². The third kappa shape index (κ3) is 5.74. The average Bonchev–Trinajstić information content (AvgIpc) is 2.95. The molecule has 0 unspecified atom stereocenters. The monoisotopic (exact) mass is 580 g/mol. The maximum absolute atomic E-state index is 13.7. The smallest absolute Gasteiger partial charge is 0.331 e. The quantitative estimate of drug-likeness (QED) is 0.142. The third-order valence-electron chi connectivity index (χ3n) is 6.95. The molecule has 2 aliphatic heterocycles. The Morgan fingerprint density at radius 3 is 2.36 bits per heavy atom. The summed E-state index contributed by atoms with van der Waals surface area (Å²) in [7, 11) is 0. The molecule has 0 saturated carbocycles. The second kappa shape index (κ2) is 11.7. The van der Waals surface area contributed by atoms with E-state index in [0.717, 1.165) is 35.9 Å².